The predicted octanol–water partition coefficient (Wildman–Crippen LogP) is 4.12. The molecule has 0 saturated carbocycles. The average molecular weight is 481 g/mol. The van der Waals surface area contributed by atoms with E-state index in [0.29, 0.717) is 40.6 Å². The van der Waals surface area contributed by atoms with E-state index in [9.17, 15) is 5.26 Å². The highest BCUT2D eigenvalue weighted by Crippen LogP contribution is 2.30. The van der Waals surface area contributed by atoms with Gasteiger partial charge in [0.2, 0.25) is 5.89 Å². The minimum atomic E-state index is -0.711. The Balaban J connectivity index is 1.39. The number of hydrogen-bond acceptors (Lipinski definition) is 9. The number of likely N-dealkylation sites (N-methyl/N-ethyl adjacent to an activating group) is 1. The van der Waals surface area contributed by atoms with E-state index in [1.807, 2.05) is 45.0 Å². The van der Waals surface area contributed by atoms with E-state index >= 15 is 0 Å². The van der Waals surface area contributed by atoms with Gasteiger partial charge in [0.15, 0.2) is 0 Å². The van der Waals surface area contributed by atoms with Crippen LogP contribution in [0.5, 0.6) is 0 Å². The molecule has 0 spiro atoms. The number of pyridine rings is 1. The summed E-state index contributed by atoms with van der Waals surface area (Å²) < 4.78 is 6.01. The van der Waals surface area contributed by atoms with Crippen molar-refractivity contribution in [2.45, 2.75) is 32.2 Å². The molecule has 1 aliphatic heterocycles. The van der Waals surface area contributed by atoms with Crippen LogP contribution in [0.1, 0.15) is 25.2 Å². The summed E-state index contributed by atoms with van der Waals surface area (Å²) in [7, 11) is 4.23. The molecule has 5 rings (SSSR count). The molecule has 0 unspecified atom stereocenters. The van der Waals surface area contributed by atoms with Crippen molar-refractivity contribution in [3.05, 3.63) is 60.2 Å². The van der Waals surface area contributed by atoms with Gasteiger partial charge in [-0.15, -0.1) is 10.2 Å². The molecular weight excluding hydrogens is 452 g/mol. The molecule has 4 heterocycles. The van der Waals surface area contributed by atoms with Crippen LogP contribution in [0.25, 0.3) is 34.3 Å². The largest absolute Gasteiger partial charge is 0.415 e. The minimum Gasteiger partial charge on any atom is -0.415 e. The molecule has 1 aromatic carbocycles. The highest BCUT2D eigenvalue weighted by atomic mass is 16.4. The van der Waals surface area contributed by atoms with Crippen LogP contribution in [-0.4, -0.2) is 63.3 Å². The number of nitrogens with zero attached hydrogens (tertiary/aromatic N) is 8. The third kappa shape index (κ3) is 4.43. The van der Waals surface area contributed by atoms with Gasteiger partial charge in [-0.25, -0.2) is 4.98 Å². The van der Waals surface area contributed by atoms with Crippen LogP contribution in [0.15, 0.2) is 53.2 Å². The SMILES string of the molecule is Cc1ncc(-c2ccnc(C(C)(C)C#N)c2)nc1-c1nnc(-c2ccc(N3CC(N(C)C)C3)cc2)o1. The average Bonchev–Trinajstić information content (AvgIpc) is 3.34. The van der Waals surface area contributed by atoms with Crippen molar-refractivity contribution in [3.63, 3.8) is 0 Å². The first-order valence-electron chi connectivity index (χ1n) is 11.8. The van der Waals surface area contributed by atoms with Gasteiger partial charge in [-0.1, -0.05) is 0 Å². The van der Waals surface area contributed by atoms with Crippen LogP contribution < -0.4 is 4.90 Å². The van der Waals surface area contributed by atoms with Gasteiger partial charge >= 0.3 is 0 Å². The van der Waals surface area contributed by atoms with Crippen LogP contribution in [0.4, 0.5) is 5.69 Å². The fourth-order valence-electron chi connectivity index (χ4n) is 4.02. The van der Waals surface area contributed by atoms with Crippen molar-refractivity contribution in [2.24, 2.45) is 0 Å². The van der Waals surface area contributed by atoms with E-state index in [4.69, 9.17) is 9.40 Å². The fraction of sp³-hybridized carbons (Fsp3) is 0.333. The Morgan fingerprint density at radius 3 is 2.44 bits per heavy atom. The highest BCUT2D eigenvalue weighted by Gasteiger charge is 2.28. The van der Waals surface area contributed by atoms with Crippen LogP contribution in [0, 0.1) is 18.3 Å². The van der Waals surface area contributed by atoms with Gasteiger partial charge in [-0.2, -0.15) is 5.26 Å². The maximum Gasteiger partial charge on any atom is 0.268 e. The van der Waals surface area contributed by atoms with E-state index < -0.39 is 5.41 Å². The van der Waals surface area contributed by atoms with Crippen LogP contribution in [0.2, 0.25) is 0 Å². The molecule has 0 amide bonds. The molecule has 182 valence electrons. The third-order valence-corrected chi connectivity index (χ3v) is 6.63. The van der Waals surface area contributed by atoms with Gasteiger partial charge in [0, 0.05) is 42.1 Å². The quantitative estimate of drug-likeness (QED) is 0.403. The van der Waals surface area contributed by atoms with Crippen molar-refractivity contribution in [1.29, 1.82) is 5.26 Å². The summed E-state index contributed by atoms with van der Waals surface area (Å²) in [5.74, 6) is 0.740. The highest BCUT2D eigenvalue weighted by molar-refractivity contribution is 5.65. The Labute approximate surface area is 210 Å². The molecule has 0 aliphatic carbocycles. The zero-order chi connectivity index (χ0) is 25.4. The van der Waals surface area contributed by atoms with Gasteiger partial charge < -0.3 is 14.2 Å². The maximum absolute atomic E-state index is 9.47. The van der Waals surface area contributed by atoms with E-state index in [1.54, 1.807) is 12.4 Å². The molecule has 1 saturated heterocycles. The molecular formula is C27H28N8O. The number of anilines is 1. The lowest BCUT2D eigenvalue weighted by Gasteiger charge is -2.44. The van der Waals surface area contributed by atoms with E-state index in [-0.39, 0.29) is 0 Å². The molecule has 1 fully saturated rings. The normalized spacial score (nSPS) is 14.1. The molecule has 0 radical (unpaired) electrons. The molecule has 0 atom stereocenters. The van der Waals surface area contributed by atoms with Crippen LogP contribution >= 0.6 is 0 Å². The Hall–Kier alpha value is -4.16. The molecule has 36 heavy (non-hydrogen) atoms. The van der Waals surface area contributed by atoms with Gasteiger partial charge in [0.1, 0.15) is 5.69 Å². The summed E-state index contributed by atoms with van der Waals surface area (Å²) in [6.45, 7) is 7.58. The Morgan fingerprint density at radius 2 is 1.75 bits per heavy atom. The zero-order valence-corrected chi connectivity index (χ0v) is 21.1. The lowest BCUT2D eigenvalue weighted by atomic mass is 9.90. The van der Waals surface area contributed by atoms with Gasteiger partial charge in [-0.05, 0) is 71.3 Å². The molecule has 0 bridgehead atoms. The second-order valence-corrected chi connectivity index (χ2v) is 9.84. The standard InChI is InChI=1S/C27H28N8O/c1-17-24(31-22(13-30-17)19-10-11-29-23(12-19)27(2,3)16-28)26-33-32-25(36-26)18-6-8-20(9-7-18)35-14-21(15-35)34(4)5/h6-13,21H,14-15H2,1-5H3. The van der Waals surface area contributed by atoms with E-state index in [2.05, 4.69) is 62.3 Å². The van der Waals surface area contributed by atoms with Crippen LogP contribution in [0.3, 0.4) is 0 Å². The summed E-state index contributed by atoms with van der Waals surface area (Å²) in [6.07, 6.45) is 3.38. The molecule has 0 N–H and O–H groups in total. The predicted molar refractivity (Wildman–Crippen MR) is 137 cm³/mol. The molecule has 9 heteroatoms. The first-order chi connectivity index (χ1) is 17.2. The minimum absolute atomic E-state index is 0.309. The van der Waals surface area contributed by atoms with Gasteiger partial charge in [-0.3, -0.25) is 9.97 Å². The lowest BCUT2D eigenvalue weighted by Crippen LogP contribution is -2.57. The van der Waals surface area contributed by atoms with Crippen molar-refractivity contribution < 1.29 is 4.42 Å². The Morgan fingerprint density at radius 1 is 1.03 bits per heavy atom. The summed E-state index contributed by atoms with van der Waals surface area (Å²) in [4.78, 5) is 18.2. The first kappa shape index (κ1) is 23.6. The molecule has 4 aromatic rings. The summed E-state index contributed by atoms with van der Waals surface area (Å²) in [6, 6.07) is 14.8. The third-order valence-electron chi connectivity index (χ3n) is 6.63. The van der Waals surface area contributed by atoms with Crippen LogP contribution in [-0.2, 0) is 5.41 Å². The second kappa shape index (κ2) is 9.13. The monoisotopic (exact) mass is 480 g/mol. The van der Waals surface area contributed by atoms with Crippen molar-refractivity contribution in [3.8, 4) is 40.4 Å². The van der Waals surface area contributed by atoms with Gasteiger partial charge in [0.25, 0.3) is 5.89 Å². The van der Waals surface area contributed by atoms with E-state index in [0.717, 1.165) is 24.2 Å². The number of benzene rings is 1. The summed E-state index contributed by atoms with van der Waals surface area (Å²) in [5.41, 5.74) is 4.66. The zero-order valence-electron chi connectivity index (χ0n) is 21.1. The molecule has 3 aromatic heterocycles. The lowest BCUT2D eigenvalue weighted by molar-refractivity contribution is 0.247. The van der Waals surface area contributed by atoms with Crippen molar-refractivity contribution >= 4 is 5.69 Å². The fourth-order valence-corrected chi connectivity index (χ4v) is 4.02. The van der Waals surface area contributed by atoms with E-state index in [1.165, 1.54) is 5.69 Å². The first-order valence-corrected chi connectivity index (χ1v) is 11.8. The smallest absolute Gasteiger partial charge is 0.268 e. The number of rotatable bonds is 6. The Kier molecular flexibility index (Phi) is 5.98. The second-order valence-electron chi connectivity index (χ2n) is 9.84. The van der Waals surface area contributed by atoms with Gasteiger partial charge in [0.05, 0.1) is 34.8 Å². The number of nitriles is 1. The Bertz CT molecular complexity index is 1430. The summed E-state index contributed by atoms with van der Waals surface area (Å²) in [5, 5.41) is 18.0. The number of hydrogen-bond donors (Lipinski definition) is 0. The topological polar surface area (TPSA) is 108 Å². The molecule has 9 nitrogen and oxygen atoms in total. The maximum atomic E-state index is 9.47. The summed E-state index contributed by atoms with van der Waals surface area (Å²) >= 11 is 0. The van der Waals surface area contributed by atoms with Crippen molar-refractivity contribution in [1.82, 2.24) is 30.0 Å². The number of aryl methyl sites for hydroxylation is 1. The molecule has 1 aliphatic rings. The van der Waals surface area contributed by atoms with Crippen molar-refractivity contribution in [2.75, 3.05) is 32.1 Å². The number of aromatic nitrogens is 5.